The third kappa shape index (κ3) is 2.37. The van der Waals surface area contributed by atoms with Crippen LogP contribution in [0.3, 0.4) is 0 Å². The van der Waals surface area contributed by atoms with Crippen molar-refractivity contribution >= 4 is 17.5 Å². The molecule has 1 heterocycles. The van der Waals surface area contributed by atoms with E-state index in [1.165, 1.54) is 0 Å². The summed E-state index contributed by atoms with van der Waals surface area (Å²) in [6.07, 6.45) is 0. The highest BCUT2D eigenvalue weighted by Gasteiger charge is 2.19. The Morgan fingerprint density at radius 3 is 2.67 bits per heavy atom. The van der Waals surface area contributed by atoms with Gasteiger partial charge >= 0.3 is 0 Å². The Morgan fingerprint density at radius 1 is 1.33 bits per heavy atom. The Bertz CT molecular complexity index is 560. The molecule has 1 aromatic carbocycles. The number of nitrogens with two attached hydrogens (primary N) is 1. The predicted molar refractivity (Wildman–Crippen MR) is 71.6 cm³/mol. The molecule has 2 aromatic rings. The van der Waals surface area contributed by atoms with Crippen molar-refractivity contribution in [1.82, 2.24) is 0 Å². The number of carbonyl (C=O) groups is 1. The molecule has 18 heavy (non-hydrogen) atoms. The maximum atomic E-state index is 12.3. The van der Waals surface area contributed by atoms with Crippen LogP contribution >= 0.6 is 0 Å². The Balaban J connectivity index is 2.31. The lowest BCUT2D eigenvalue weighted by Crippen LogP contribution is -2.30. The first-order chi connectivity index (χ1) is 8.61. The second-order valence-electron chi connectivity index (χ2n) is 4.09. The van der Waals surface area contributed by atoms with Crippen molar-refractivity contribution in [3.05, 3.63) is 47.7 Å². The van der Waals surface area contributed by atoms with E-state index in [1.807, 2.05) is 38.1 Å². The molecule has 2 N–H and O–H groups in total. The number of hydrogen-bond donors (Lipinski definition) is 1. The minimum absolute atomic E-state index is 0.181. The summed E-state index contributed by atoms with van der Waals surface area (Å²) in [5.41, 5.74) is 7.45. The lowest BCUT2D eigenvalue weighted by molar-refractivity contribution is 0.0962. The molecule has 0 aliphatic carbocycles. The first-order valence-corrected chi connectivity index (χ1v) is 5.85. The average molecular weight is 244 g/mol. The van der Waals surface area contributed by atoms with E-state index in [1.54, 1.807) is 17.0 Å². The number of nitrogens with zero attached hydrogens (tertiary/aromatic N) is 1. The van der Waals surface area contributed by atoms with Crippen molar-refractivity contribution in [3.63, 3.8) is 0 Å². The zero-order chi connectivity index (χ0) is 13.1. The number of hydrogen-bond acceptors (Lipinski definition) is 3. The molecule has 0 aliphatic rings. The molecule has 1 amide bonds. The minimum atomic E-state index is -0.181. The zero-order valence-electron chi connectivity index (χ0n) is 10.5. The molecule has 0 spiro atoms. The van der Waals surface area contributed by atoms with E-state index in [-0.39, 0.29) is 17.6 Å². The third-order valence-electron chi connectivity index (χ3n) is 2.71. The van der Waals surface area contributed by atoms with Gasteiger partial charge in [-0.25, -0.2) is 0 Å². The summed E-state index contributed by atoms with van der Waals surface area (Å²) in [6, 6.07) is 11.0. The van der Waals surface area contributed by atoms with Crippen molar-refractivity contribution < 1.29 is 9.21 Å². The van der Waals surface area contributed by atoms with Gasteiger partial charge in [-0.15, -0.1) is 0 Å². The van der Waals surface area contributed by atoms with Crippen LogP contribution in [0.4, 0.5) is 11.6 Å². The molecule has 0 radical (unpaired) electrons. The normalized spacial score (nSPS) is 10.3. The second-order valence-corrected chi connectivity index (χ2v) is 4.09. The van der Waals surface area contributed by atoms with Crippen molar-refractivity contribution in [2.24, 2.45) is 0 Å². The Labute approximate surface area is 106 Å². The molecule has 94 valence electrons. The fraction of sp³-hybridized carbons (Fsp3) is 0.214. The fourth-order valence-corrected chi connectivity index (χ4v) is 1.84. The van der Waals surface area contributed by atoms with Crippen LogP contribution in [0.2, 0.25) is 0 Å². The minimum Gasteiger partial charge on any atom is -0.436 e. The van der Waals surface area contributed by atoms with E-state index in [0.29, 0.717) is 6.54 Å². The zero-order valence-corrected chi connectivity index (χ0v) is 10.5. The van der Waals surface area contributed by atoms with E-state index >= 15 is 0 Å². The first kappa shape index (κ1) is 12.2. The smallest absolute Gasteiger partial charge is 0.294 e. The van der Waals surface area contributed by atoms with E-state index < -0.39 is 0 Å². The molecule has 4 nitrogen and oxygen atoms in total. The summed E-state index contributed by atoms with van der Waals surface area (Å²) < 4.78 is 5.17. The summed E-state index contributed by atoms with van der Waals surface area (Å²) in [7, 11) is 0. The number of carbonyl (C=O) groups excluding carboxylic acids is 1. The Hall–Kier alpha value is -2.23. The van der Waals surface area contributed by atoms with Crippen LogP contribution in [0.25, 0.3) is 0 Å². The van der Waals surface area contributed by atoms with Crippen molar-refractivity contribution in [2.75, 3.05) is 17.2 Å². The first-order valence-electron chi connectivity index (χ1n) is 5.85. The Morgan fingerprint density at radius 2 is 2.11 bits per heavy atom. The number of aryl methyl sites for hydroxylation is 1. The number of amides is 1. The SMILES string of the molecule is CCN(C(=O)c1ccc(N)o1)c1cccc(C)c1. The van der Waals surface area contributed by atoms with Gasteiger partial charge in [-0.2, -0.15) is 0 Å². The standard InChI is InChI=1S/C14H16N2O2/c1-3-16(11-6-4-5-10(2)9-11)14(17)12-7-8-13(15)18-12/h4-9H,3,15H2,1-2H3. The number of furan rings is 1. The average Bonchev–Trinajstić information content (AvgIpc) is 2.77. The third-order valence-corrected chi connectivity index (χ3v) is 2.71. The van der Waals surface area contributed by atoms with Gasteiger partial charge in [0, 0.05) is 18.3 Å². The van der Waals surface area contributed by atoms with Crippen LogP contribution in [-0.4, -0.2) is 12.5 Å². The largest absolute Gasteiger partial charge is 0.436 e. The molecule has 0 atom stereocenters. The topological polar surface area (TPSA) is 59.5 Å². The highest BCUT2D eigenvalue weighted by Crippen LogP contribution is 2.20. The number of anilines is 2. The predicted octanol–water partition coefficient (Wildman–Crippen LogP) is 2.84. The molecule has 2 rings (SSSR count). The van der Waals surface area contributed by atoms with Gasteiger partial charge in [0.25, 0.3) is 5.91 Å². The van der Waals surface area contributed by atoms with Crippen LogP contribution in [-0.2, 0) is 0 Å². The van der Waals surface area contributed by atoms with Gasteiger partial charge in [0.15, 0.2) is 11.6 Å². The molecule has 0 fully saturated rings. The lowest BCUT2D eigenvalue weighted by atomic mass is 10.2. The van der Waals surface area contributed by atoms with Crippen molar-refractivity contribution in [2.45, 2.75) is 13.8 Å². The van der Waals surface area contributed by atoms with Crippen LogP contribution < -0.4 is 10.6 Å². The molecule has 0 unspecified atom stereocenters. The van der Waals surface area contributed by atoms with E-state index in [9.17, 15) is 4.79 Å². The van der Waals surface area contributed by atoms with Gasteiger partial charge in [-0.1, -0.05) is 12.1 Å². The maximum Gasteiger partial charge on any atom is 0.294 e. The Kier molecular flexibility index (Phi) is 3.37. The maximum absolute atomic E-state index is 12.3. The van der Waals surface area contributed by atoms with Crippen molar-refractivity contribution in [1.29, 1.82) is 0 Å². The van der Waals surface area contributed by atoms with Crippen molar-refractivity contribution in [3.8, 4) is 0 Å². The van der Waals surface area contributed by atoms with Gasteiger partial charge < -0.3 is 15.1 Å². The summed E-state index contributed by atoms with van der Waals surface area (Å²) in [6.45, 7) is 4.49. The highest BCUT2D eigenvalue weighted by atomic mass is 16.4. The molecule has 1 aromatic heterocycles. The monoisotopic (exact) mass is 244 g/mol. The van der Waals surface area contributed by atoms with Gasteiger partial charge in [0.1, 0.15) is 0 Å². The van der Waals surface area contributed by atoms with Gasteiger partial charge in [0.2, 0.25) is 0 Å². The summed E-state index contributed by atoms with van der Waals surface area (Å²) >= 11 is 0. The van der Waals surface area contributed by atoms with E-state index in [2.05, 4.69) is 0 Å². The van der Waals surface area contributed by atoms with Crippen LogP contribution in [0.15, 0.2) is 40.8 Å². The molecular formula is C14H16N2O2. The van der Waals surface area contributed by atoms with Crippen LogP contribution in [0.5, 0.6) is 0 Å². The van der Waals surface area contributed by atoms with Crippen LogP contribution in [0.1, 0.15) is 23.0 Å². The molecule has 4 heteroatoms. The molecule has 0 bridgehead atoms. The fourth-order valence-electron chi connectivity index (χ4n) is 1.84. The van der Waals surface area contributed by atoms with Gasteiger partial charge in [0.05, 0.1) is 0 Å². The lowest BCUT2D eigenvalue weighted by Gasteiger charge is -2.20. The second kappa shape index (κ2) is 4.96. The molecular weight excluding hydrogens is 228 g/mol. The van der Waals surface area contributed by atoms with E-state index in [0.717, 1.165) is 11.3 Å². The quantitative estimate of drug-likeness (QED) is 0.903. The number of nitrogen functional groups attached to an aromatic ring is 1. The molecule has 0 saturated carbocycles. The number of rotatable bonds is 3. The summed E-state index contributed by atoms with van der Waals surface area (Å²) in [4.78, 5) is 13.9. The van der Waals surface area contributed by atoms with Gasteiger partial charge in [-0.05, 0) is 37.6 Å². The highest BCUT2D eigenvalue weighted by molar-refractivity contribution is 6.04. The number of benzene rings is 1. The van der Waals surface area contributed by atoms with Crippen LogP contribution in [0, 0.1) is 6.92 Å². The van der Waals surface area contributed by atoms with Gasteiger partial charge in [-0.3, -0.25) is 4.79 Å². The molecule has 0 saturated heterocycles. The van der Waals surface area contributed by atoms with E-state index in [4.69, 9.17) is 10.2 Å². The summed E-state index contributed by atoms with van der Waals surface area (Å²) in [5, 5.41) is 0. The molecule has 0 aliphatic heterocycles. The summed E-state index contributed by atoms with van der Waals surface area (Å²) in [5.74, 6) is 0.328.